The number of hydrogen-bond acceptors (Lipinski definition) is 1. The summed E-state index contributed by atoms with van der Waals surface area (Å²) in [5, 5.41) is 0. The molecule has 84 valence electrons. The Hall–Kier alpha value is -1.03. The van der Waals surface area contributed by atoms with E-state index < -0.39 is 12.7 Å². The largest absolute Gasteiger partial charge is 0.401 e. The van der Waals surface area contributed by atoms with Crippen molar-refractivity contribution in [2.24, 2.45) is 0 Å². The second kappa shape index (κ2) is 4.66. The summed E-state index contributed by atoms with van der Waals surface area (Å²) < 4.78 is 36.2. The highest BCUT2D eigenvalue weighted by molar-refractivity contribution is 5.25. The lowest BCUT2D eigenvalue weighted by molar-refractivity contribution is -0.144. The fraction of sp³-hybridized carbons (Fsp3) is 0.455. The highest BCUT2D eigenvalue weighted by Crippen LogP contribution is 2.17. The molecule has 0 atom stereocenters. The Morgan fingerprint density at radius 3 is 2.33 bits per heavy atom. The average molecular weight is 217 g/mol. The zero-order valence-corrected chi connectivity index (χ0v) is 8.80. The van der Waals surface area contributed by atoms with E-state index in [0.29, 0.717) is 6.54 Å². The van der Waals surface area contributed by atoms with E-state index in [-0.39, 0.29) is 0 Å². The molecule has 0 aromatic heterocycles. The number of aryl methyl sites for hydroxylation is 1. The van der Waals surface area contributed by atoms with E-state index >= 15 is 0 Å². The zero-order valence-electron chi connectivity index (χ0n) is 8.80. The van der Waals surface area contributed by atoms with Gasteiger partial charge in [-0.3, -0.25) is 4.90 Å². The van der Waals surface area contributed by atoms with Crippen LogP contribution >= 0.6 is 0 Å². The van der Waals surface area contributed by atoms with Gasteiger partial charge in [0.15, 0.2) is 0 Å². The van der Waals surface area contributed by atoms with Gasteiger partial charge in [-0.2, -0.15) is 13.2 Å². The summed E-state index contributed by atoms with van der Waals surface area (Å²) in [7, 11) is 1.47. The molecule has 0 aliphatic carbocycles. The number of nitrogens with zero attached hydrogens (tertiary/aromatic N) is 1. The van der Waals surface area contributed by atoms with E-state index in [9.17, 15) is 13.2 Å². The van der Waals surface area contributed by atoms with Crippen molar-refractivity contribution in [2.75, 3.05) is 13.6 Å². The molecule has 4 heteroatoms. The molecule has 0 saturated carbocycles. The van der Waals surface area contributed by atoms with Crippen LogP contribution in [0, 0.1) is 6.92 Å². The minimum atomic E-state index is -4.13. The number of hydrogen-bond donors (Lipinski definition) is 0. The number of benzene rings is 1. The lowest BCUT2D eigenvalue weighted by Crippen LogP contribution is -2.30. The summed E-state index contributed by atoms with van der Waals surface area (Å²) in [5.41, 5.74) is 1.95. The highest BCUT2D eigenvalue weighted by Gasteiger charge is 2.29. The standard InChI is InChI=1S/C11H14F3N/c1-9-5-3-4-6-10(9)7-15(2)8-11(12,13)14/h3-6H,7-8H2,1-2H3. The first-order valence-electron chi connectivity index (χ1n) is 4.68. The van der Waals surface area contributed by atoms with Crippen molar-refractivity contribution in [1.29, 1.82) is 0 Å². The van der Waals surface area contributed by atoms with Crippen molar-refractivity contribution in [3.05, 3.63) is 35.4 Å². The molecule has 1 nitrogen and oxygen atoms in total. The van der Waals surface area contributed by atoms with Crippen molar-refractivity contribution >= 4 is 0 Å². The minimum Gasteiger partial charge on any atom is -0.294 e. The van der Waals surface area contributed by atoms with Crippen molar-refractivity contribution in [3.63, 3.8) is 0 Å². The predicted octanol–water partition coefficient (Wildman–Crippen LogP) is 2.99. The maximum Gasteiger partial charge on any atom is 0.401 e. The molecule has 0 fully saturated rings. The first-order chi connectivity index (χ1) is 6.88. The van der Waals surface area contributed by atoms with Gasteiger partial charge in [-0.05, 0) is 25.1 Å². The van der Waals surface area contributed by atoms with E-state index in [1.165, 1.54) is 11.9 Å². The summed E-state index contributed by atoms with van der Waals surface area (Å²) >= 11 is 0. The molecule has 0 N–H and O–H groups in total. The van der Waals surface area contributed by atoms with Crippen molar-refractivity contribution in [3.8, 4) is 0 Å². The molecule has 0 aliphatic heterocycles. The van der Waals surface area contributed by atoms with Gasteiger partial charge in [-0.15, -0.1) is 0 Å². The molecule has 1 rings (SSSR count). The maximum atomic E-state index is 12.1. The van der Waals surface area contributed by atoms with Gasteiger partial charge >= 0.3 is 6.18 Å². The molecule has 1 aromatic carbocycles. The third kappa shape index (κ3) is 4.34. The minimum absolute atomic E-state index is 0.326. The van der Waals surface area contributed by atoms with Crippen molar-refractivity contribution in [2.45, 2.75) is 19.6 Å². The van der Waals surface area contributed by atoms with Crippen LogP contribution in [0.5, 0.6) is 0 Å². The Bertz CT molecular complexity index is 320. The molecular weight excluding hydrogens is 203 g/mol. The van der Waals surface area contributed by atoms with Crippen LogP contribution in [0.15, 0.2) is 24.3 Å². The summed E-state index contributed by atoms with van der Waals surface area (Å²) in [6.45, 7) is 1.35. The Morgan fingerprint density at radius 2 is 1.80 bits per heavy atom. The van der Waals surface area contributed by atoms with Crippen LogP contribution in [0.1, 0.15) is 11.1 Å². The molecule has 0 bridgehead atoms. The SMILES string of the molecule is Cc1ccccc1CN(C)CC(F)(F)F. The molecule has 0 unspecified atom stereocenters. The van der Waals surface area contributed by atoms with E-state index in [1.807, 2.05) is 31.2 Å². The van der Waals surface area contributed by atoms with E-state index in [2.05, 4.69) is 0 Å². The number of rotatable bonds is 3. The lowest BCUT2D eigenvalue weighted by atomic mass is 10.1. The molecule has 0 spiro atoms. The first-order valence-corrected chi connectivity index (χ1v) is 4.68. The lowest BCUT2D eigenvalue weighted by Gasteiger charge is -2.19. The summed E-state index contributed by atoms with van der Waals surface area (Å²) in [4.78, 5) is 1.27. The molecule has 0 saturated heterocycles. The highest BCUT2D eigenvalue weighted by atomic mass is 19.4. The fourth-order valence-electron chi connectivity index (χ4n) is 1.44. The Labute approximate surface area is 87.5 Å². The second-order valence-corrected chi connectivity index (χ2v) is 3.71. The van der Waals surface area contributed by atoms with Crippen LogP contribution in [0.2, 0.25) is 0 Å². The normalized spacial score (nSPS) is 12.1. The first kappa shape index (κ1) is 12.0. The summed E-state index contributed by atoms with van der Waals surface area (Å²) in [5.74, 6) is 0. The number of alkyl halides is 3. The molecule has 0 aliphatic rings. The van der Waals surface area contributed by atoms with Gasteiger partial charge in [0.05, 0.1) is 6.54 Å². The van der Waals surface area contributed by atoms with Crippen LogP contribution in [0.3, 0.4) is 0 Å². The maximum absolute atomic E-state index is 12.1. The van der Waals surface area contributed by atoms with Crippen LogP contribution in [-0.4, -0.2) is 24.7 Å². The van der Waals surface area contributed by atoms with Gasteiger partial charge in [-0.1, -0.05) is 24.3 Å². The van der Waals surface area contributed by atoms with Crippen LogP contribution in [-0.2, 0) is 6.54 Å². The Kier molecular flexibility index (Phi) is 3.74. The summed E-state index contributed by atoms with van der Waals surface area (Å²) in [6.07, 6.45) is -4.13. The third-order valence-corrected chi connectivity index (χ3v) is 2.15. The molecule has 15 heavy (non-hydrogen) atoms. The van der Waals surface area contributed by atoms with Crippen LogP contribution < -0.4 is 0 Å². The van der Waals surface area contributed by atoms with Crippen LogP contribution in [0.25, 0.3) is 0 Å². The van der Waals surface area contributed by atoms with E-state index in [0.717, 1.165) is 11.1 Å². The molecule has 0 amide bonds. The van der Waals surface area contributed by atoms with Gasteiger partial charge in [0.2, 0.25) is 0 Å². The molecule has 0 heterocycles. The van der Waals surface area contributed by atoms with Crippen LogP contribution in [0.4, 0.5) is 13.2 Å². The predicted molar refractivity (Wildman–Crippen MR) is 53.6 cm³/mol. The van der Waals surface area contributed by atoms with Gasteiger partial charge in [0.1, 0.15) is 0 Å². The average Bonchev–Trinajstić information content (AvgIpc) is 2.05. The van der Waals surface area contributed by atoms with E-state index in [1.54, 1.807) is 0 Å². The smallest absolute Gasteiger partial charge is 0.294 e. The topological polar surface area (TPSA) is 3.24 Å². The fourth-order valence-corrected chi connectivity index (χ4v) is 1.44. The third-order valence-electron chi connectivity index (χ3n) is 2.15. The van der Waals surface area contributed by atoms with Gasteiger partial charge in [0, 0.05) is 6.54 Å². The molecule has 1 aromatic rings. The van der Waals surface area contributed by atoms with Crippen molar-refractivity contribution < 1.29 is 13.2 Å². The molecule has 0 radical (unpaired) electrons. The Morgan fingerprint density at radius 1 is 1.20 bits per heavy atom. The quantitative estimate of drug-likeness (QED) is 0.752. The molecular formula is C11H14F3N. The summed E-state index contributed by atoms with van der Waals surface area (Å²) in [6, 6.07) is 7.46. The monoisotopic (exact) mass is 217 g/mol. The van der Waals surface area contributed by atoms with Gasteiger partial charge in [0.25, 0.3) is 0 Å². The zero-order chi connectivity index (χ0) is 11.5. The Balaban J connectivity index is 2.59. The second-order valence-electron chi connectivity index (χ2n) is 3.71. The van der Waals surface area contributed by atoms with E-state index in [4.69, 9.17) is 0 Å². The van der Waals surface area contributed by atoms with Crippen molar-refractivity contribution in [1.82, 2.24) is 4.90 Å². The number of halogens is 3. The van der Waals surface area contributed by atoms with Gasteiger partial charge < -0.3 is 0 Å². The van der Waals surface area contributed by atoms with Gasteiger partial charge in [-0.25, -0.2) is 0 Å².